The number of aromatic nitrogens is 3. The Kier molecular flexibility index (Phi) is 6.05. The van der Waals surface area contributed by atoms with Crippen LogP contribution in [0.2, 0.25) is 0 Å². The lowest BCUT2D eigenvalue weighted by atomic mass is 10.0. The number of pyridine rings is 1. The van der Waals surface area contributed by atoms with E-state index in [1.54, 1.807) is 13.1 Å². The third kappa shape index (κ3) is 4.02. The molecule has 0 spiro atoms. The van der Waals surface area contributed by atoms with Gasteiger partial charge in [0.1, 0.15) is 5.82 Å². The Bertz CT molecular complexity index is 1270. The second kappa shape index (κ2) is 8.78. The smallest absolute Gasteiger partial charge is 0.274 e. The average Bonchev–Trinajstić information content (AvgIpc) is 2.77. The van der Waals surface area contributed by atoms with E-state index in [4.69, 9.17) is 4.74 Å². The summed E-state index contributed by atoms with van der Waals surface area (Å²) in [5.41, 5.74) is -1.42. The molecule has 1 fully saturated rings. The van der Waals surface area contributed by atoms with Gasteiger partial charge in [-0.3, -0.25) is 9.59 Å². The fourth-order valence-corrected chi connectivity index (χ4v) is 4.03. The van der Waals surface area contributed by atoms with Gasteiger partial charge in [0, 0.05) is 36.9 Å². The number of rotatable bonds is 5. The van der Waals surface area contributed by atoms with E-state index in [0.717, 1.165) is 23.6 Å². The Morgan fingerprint density at radius 3 is 2.66 bits per heavy atom. The van der Waals surface area contributed by atoms with Crippen LogP contribution < -0.4 is 16.4 Å². The van der Waals surface area contributed by atoms with Gasteiger partial charge in [-0.1, -0.05) is 18.2 Å². The van der Waals surface area contributed by atoms with E-state index in [2.05, 4.69) is 10.4 Å². The number of ether oxygens (including phenoxy) is 1. The zero-order valence-electron chi connectivity index (χ0n) is 17.6. The number of benzene rings is 1. The third-order valence-corrected chi connectivity index (χ3v) is 5.75. The monoisotopic (exact) mass is 448 g/mol. The van der Waals surface area contributed by atoms with Crippen molar-refractivity contribution in [1.82, 2.24) is 14.3 Å². The molecule has 4 rings (SSSR count). The van der Waals surface area contributed by atoms with Crippen molar-refractivity contribution in [3.63, 3.8) is 0 Å². The van der Waals surface area contributed by atoms with Crippen molar-refractivity contribution in [2.45, 2.75) is 38.3 Å². The predicted molar refractivity (Wildman–Crippen MR) is 114 cm³/mol. The second-order valence-corrected chi connectivity index (χ2v) is 7.91. The summed E-state index contributed by atoms with van der Waals surface area (Å²) < 4.78 is 48.9. The third-order valence-electron chi connectivity index (χ3n) is 5.75. The van der Waals surface area contributed by atoms with Crippen LogP contribution in [0.3, 0.4) is 0 Å². The molecule has 32 heavy (non-hydrogen) atoms. The van der Waals surface area contributed by atoms with Crippen LogP contribution in [0.4, 0.5) is 19.0 Å². The van der Waals surface area contributed by atoms with Gasteiger partial charge >= 0.3 is 0 Å². The number of anilines is 1. The summed E-state index contributed by atoms with van der Waals surface area (Å²) in [6.45, 7) is 2.63. The number of hydrogen-bond donors (Lipinski definition) is 1. The van der Waals surface area contributed by atoms with Crippen molar-refractivity contribution in [2.75, 3.05) is 18.5 Å². The Morgan fingerprint density at radius 2 is 1.97 bits per heavy atom. The Balaban J connectivity index is 1.80. The number of halogens is 3. The molecule has 10 heteroatoms. The predicted octanol–water partition coefficient (Wildman–Crippen LogP) is 3.70. The van der Waals surface area contributed by atoms with E-state index in [0.29, 0.717) is 18.6 Å². The molecule has 1 aliphatic rings. The van der Waals surface area contributed by atoms with Gasteiger partial charge in [0.2, 0.25) is 0 Å². The first kappa shape index (κ1) is 22.1. The van der Waals surface area contributed by atoms with Crippen molar-refractivity contribution in [3.05, 3.63) is 68.1 Å². The van der Waals surface area contributed by atoms with Gasteiger partial charge in [-0.2, -0.15) is 5.10 Å². The van der Waals surface area contributed by atoms with E-state index >= 15 is 0 Å². The molecule has 2 atom stereocenters. The summed E-state index contributed by atoms with van der Waals surface area (Å²) in [4.78, 5) is 25.3. The van der Waals surface area contributed by atoms with Crippen LogP contribution >= 0.6 is 0 Å². The fourth-order valence-electron chi connectivity index (χ4n) is 4.03. The molecule has 0 saturated carbocycles. The minimum absolute atomic E-state index is 0.0422. The number of hydrogen-bond acceptors (Lipinski definition) is 5. The Hall–Kier alpha value is -3.14. The molecule has 1 aliphatic heterocycles. The summed E-state index contributed by atoms with van der Waals surface area (Å²) in [5, 5.41) is 7.82. The number of fused-ring (bicyclic) bond motifs is 1. The zero-order chi connectivity index (χ0) is 23.0. The molecule has 1 unspecified atom stereocenters. The number of alkyl halides is 2. The summed E-state index contributed by atoms with van der Waals surface area (Å²) in [5.74, 6) is -0.755. The highest BCUT2D eigenvalue weighted by atomic mass is 19.3. The molecular weight excluding hydrogens is 425 g/mol. The van der Waals surface area contributed by atoms with Crippen LogP contribution in [0.25, 0.3) is 10.8 Å². The molecule has 0 radical (unpaired) electrons. The summed E-state index contributed by atoms with van der Waals surface area (Å²) >= 11 is 0. The summed E-state index contributed by atoms with van der Waals surface area (Å²) in [6.07, 6.45) is 0.193. The maximum absolute atomic E-state index is 14.6. The Labute approximate surface area is 181 Å². The molecule has 1 aromatic carbocycles. The lowest BCUT2D eigenvalue weighted by Gasteiger charge is -2.25. The molecule has 1 N–H and O–H groups in total. The minimum atomic E-state index is -2.94. The lowest BCUT2D eigenvalue weighted by Crippen LogP contribution is -2.31. The quantitative estimate of drug-likeness (QED) is 0.644. The fraction of sp³-hybridized carbons (Fsp3) is 0.409. The molecule has 0 amide bonds. The molecule has 0 bridgehead atoms. The van der Waals surface area contributed by atoms with Gasteiger partial charge in [-0.25, -0.2) is 17.9 Å². The number of aryl methyl sites for hydroxylation is 1. The first-order valence-electron chi connectivity index (χ1n) is 10.3. The first-order chi connectivity index (χ1) is 15.3. The van der Waals surface area contributed by atoms with Crippen LogP contribution in [0.15, 0.2) is 40.1 Å². The van der Waals surface area contributed by atoms with Gasteiger partial charge in [-0.15, -0.1) is 0 Å². The molecule has 3 aromatic rings. The van der Waals surface area contributed by atoms with Gasteiger partial charge in [0.05, 0.1) is 29.6 Å². The van der Waals surface area contributed by atoms with Gasteiger partial charge < -0.3 is 14.6 Å². The van der Waals surface area contributed by atoms with Gasteiger partial charge in [0.15, 0.2) is 5.82 Å². The standard InChI is InChI=1S/C22H23F3N4O3/c1-12(14-6-3-7-15(19(14)23)20(24)25)26-21-17-10-29(13-5-4-8-32-11-13)18(30)9-16(17)22(31)28(2)27-21/h3,6-7,9-10,12-13,20H,4-5,8,11H2,1-2H3,(H,26,27)/t12-,13?/m1/s1. The number of nitrogens with one attached hydrogen (secondary N) is 1. The van der Waals surface area contributed by atoms with Gasteiger partial charge in [0.25, 0.3) is 17.5 Å². The highest BCUT2D eigenvalue weighted by Gasteiger charge is 2.22. The SMILES string of the molecule is C[C@@H](Nc1nn(C)c(=O)c2cc(=O)n(C3CCCOC3)cc12)c1cccc(C(F)F)c1F. The second-order valence-electron chi connectivity index (χ2n) is 7.91. The van der Waals surface area contributed by atoms with Gasteiger partial charge in [-0.05, 0) is 19.8 Å². The molecular formula is C22H23F3N4O3. The first-order valence-corrected chi connectivity index (χ1v) is 10.3. The van der Waals surface area contributed by atoms with E-state index in [1.165, 1.54) is 29.8 Å². The molecule has 7 nitrogen and oxygen atoms in total. The largest absolute Gasteiger partial charge is 0.379 e. The van der Waals surface area contributed by atoms with Crippen LogP contribution in [0, 0.1) is 5.82 Å². The molecule has 3 heterocycles. The maximum atomic E-state index is 14.6. The van der Waals surface area contributed by atoms with Crippen molar-refractivity contribution in [2.24, 2.45) is 7.05 Å². The summed E-state index contributed by atoms with van der Waals surface area (Å²) in [6, 6.07) is 4.18. The normalized spacial score (nSPS) is 17.6. The minimum Gasteiger partial charge on any atom is -0.379 e. The highest BCUT2D eigenvalue weighted by molar-refractivity contribution is 5.90. The highest BCUT2D eigenvalue weighted by Crippen LogP contribution is 2.30. The Morgan fingerprint density at radius 1 is 1.22 bits per heavy atom. The van der Waals surface area contributed by atoms with E-state index in [-0.39, 0.29) is 28.4 Å². The molecule has 0 aliphatic carbocycles. The van der Waals surface area contributed by atoms with E-state index in [1.807, 2.05) is 0 Å². The van der Waals surface area contributed by atoms with Crippen molar-refractivity contribution in [1.29, 1.82) is 0 Å². The molecule has 1 saturated heterocycles. The van der Waals surface area contributed by atoms with Crippen LogP contribution in [0.1, 0.15) is 49.4 Å². The van der Waals surface area contributed by atoms with Crippen LogP contribution in [-0.2, 0) is 11.8 Å². The average molecular weight is 448 g/mol. The van der Waals surface area contributed by atoms with Crippen molar-refractivity contribution < 1.29 is 17.9 Å². The summed E-state index contributed by atoms with van der Waals surface area (Å²) in [7, 11) is 1.44. The van der Waals surface area contributed by atoms with Crippen LogP contribution in [-0.4, -0.2) is 27.6 Å². The maximum Gasteiger partial charge on any atom is 0.274 e. The van der Waals surface area contributed by atoms with Crippen LogP contribution in [0.5, 0.6) is 0 Å². The zero-order valence-corrected chi connectivity index (χ0v) is 17.6. The van der Waals surface area contributed by atoms with Crippen molar-refractivity contribution in [3.8, 4) is 0 Å². The molecule has 2 aromatic heterocycles. The topological polar surface area (TPSA) is 78.2 Å². The molecule has 170 valence electrons. The van der Waals surface area contributed by atoms with Crippen molar-refractivity contribution >= 4 is 16.6 Å². The number of nitrogens with zero attached hydrogens (tertiary/aromatic N) is 3. The van der Waals surface area contributed by atoms with E-state index < -0.39 is 29.4 Å². The van der Waals surface area contributed by atoms with E-state index in [9.17, 15) is 22.8 Å². The lowest BCUT2D eigenvalue weighted by molar-refractivity contribution is 0.0581.